The van der Waals surface area contributed by atoms with E-state index in [2.05, 4.69) is 18.7 Å². The van der Waals surface area contributed by atoms with E-state index >= 15 is 0 Å². The summed E-state index contributed by atoms with van der Waals surface area (Å²) >= 11 is 0. The van der Waals surface area contributed by atoms with Crippen molar-refractivity contribution in [3.05, 3.63) is 59.8 Å². The van der Waals surface area contributed by atoms with E-state index in [4.69, 9.17) is 9.47 Å². The Kier molecular flexibility index (Phi) is 6.72. The molecule has 2 aliphatic heterocycles. The van der Waals surface area contributed by atoms with Gasteiger partial charge in [-0.25, -0.2) is 4.90 Å². The van der Waals surface area contributed by atoms with E-state index in [9.17, 15) is 9.59 Å². The van der Waals surface area contributed by atoms with E-state index in [0.717, 1.165) is 30.8 Å². The predicted octanol–water partition coefficient (Wildman–Crippen LogP) is 4.75. The summed E-state index contributed by atoms with van der Waals surface area (Å²) in [5, 5.41) is 0. The van der Waals surface area contributed by atoms with Gasteiger partial charge in [0.25, 0.3) is 11.8 Å². The zero-order valence-electron chi connectivity index (χ0n) is 19.8. The number of hydrogen-bond acceptors (Lipinski definition) is 5. The Hall–Kier alpha value is -3.28. The van der Waals surface area contributed by atoms with Gasteiger partial charge in [0, 0.05) is 19.2 Å². The summed E-state index contributed by atoms with van der Waals surface area (Å²) in [6.45, 7) is 10.8. The SMILES string of the molecule is CCOc1ccc(C2=C(N3CC(C)CC(C)C3)C(=O)N(c3cccc(OCC)c3)C2=O)cc1. The second-order valence-corrected chi connectivity index (χ2v) is 8.91. The van der Waals surface area contributed by atoms with Crippen LogP contribution in [-0.2, 0) is 9.59 Å². The lowest BCUT2D eigenvalue weighted by atomic mass is 9.91. The molecule has 2 heterocycles. The fourth-order valence-electron chi connectivity index (χ4n) is 4.92. The summed E-state index contributed by atoms with van der Waals surface area (Å²) in [5.41, 5.74) is 2.18. The summed E-state index contributed by atoms with van der Waals surface area (Å²) in [7, 11) is 0. The van der Waals surface area contributed by atoms with Gasteiger partial charge >= 0.3 is 0 Å². The number of carbonyl (C=O) groups excluding carboxylic acids is 2. The molecule has 1 fully saturated rings. The van der Waals surface area contributed by atoms with Crippen LogP contribution in [-0.4, -0.2) is 43.0 Å². The molecule has 2 amide bonds. The van der Waals surface area contributed by atoms with Crippen molar-refractivity contribution in [2.24, 2.45) is 11.8 Å². The van der Waals surface area contributed by atoms with Crippen molar-refractivity contribution in [3.8, 4) is 11.5 Å². The summed E-state index contributed by atoms with van der Waals surface area (Å²) in [6, 6.07) is 14.6. The number of likely N-dealkylation sites (tertiary alicyclic amines) is 1. The van der Waals surface area contributed by atoms with Crippen LogP contribution in [0, 0.1) is 11.8 Å². The van der Waals surface area contributed by atoms with Crippen LogP contribution in [0.3, 0.4) is 0 Å². The second-order valence-electron chi connectivity index (χ2n) is 8.91. The summed E-state index contributed by atoms with van der Waals surface area (Å²) < 4.78 is 11.2. The molecule has 0 N–H and O–H groups in total. The second kappa shape index (κ2) is 9.69. The third-order valence-electron chi connectivity index (χ3n) is 6.09. The number of imide groups is 1. The van der Waals surface area contributed by atoms with E-state index in [1.807, 2.05) is 44.2 Å². The Balaban J connectivity index is 1.78. The monoisotopic (exact) mass is 448 g/mol. The van der Waals surface area contributed by atoms with Gasteiger partial charge < -0.3 is 14.4 Å². The highest BCUT2D eigenvalue weighted by Crippen LogP contribution is 2.38. The van der Waals surface area contributed by atoms with E-state index in [-0.39, 0.29) is 11.8 Å². The van der Waals surface area contributed by atoms with E-state index in [0.29, 0.717) is 47.8 Å². The van der Waals surface area contributed by atoms with Crippen LogP contribution in [0.4, 0.5) is 5.69 Å². The number of rotatable bonds is 7. The topological polar surface area (TPSA) is 59.1 Å². The first-order valence-corrected chi connectivity index (χ1v) is 11.8. The number of hydrogen-bond donors (Lipinski definition) is 0. The third kappa shape index (κ3) is 4.61. The number of ether oxygens (including phenoxy) is 2. The highest BCUT2D eigenvalue weighted by Gasteiger charge is 2.43. The number of benzene rings is 2. The molecule has 0 bridgehead atoms. The van der Waals surface area contributed by atoms with Gasteiger partial charge in [0.05, 0.1) is 24.5 Å². The van der Waals surface area contributed by atoms with Gasteiger partial charge in [-0.3, -0.25) is 9.59 Å². The van der Waals surface area contributed by atoms with Crippen molar-refractivity contribution in [2.75, 3.05) is 31.2 Å². The van der Waals surface area contributed by atoms with Gasteiger partial charge in [0.15, 0.2) is 0 Å². The summed E-state index contributed by atoms with van der Waals surface area (Å²) in [5.74, 6) is 1.67. The highest BCUT2D eigenvalue weighted by atomic mass is 16.5. The Morgan fingerprint density at radius 3 is 2.12 bits per heavy atom. The smallest absolute Gasteiger partial charge is 0.282 e. The van der Waals surface area contributed by atoms with Gasteiger partial charge in [-0.1, -0.05) is 32.0 Å². The third-order valence-corrected chi connectivity index (χ3v) is 6.09. The normalized spacial score (nSPS) is 21.1. The zero-order valence-corrected chi connectivity index (χ0v) is 19.8. The Bertz CT molecular complexity index is 1050. The molecule has 0 spiro atoms. The minimum atomic E-state index is -0.307. The molecule has 0 saturated carbocycles. The van der Waals surface area contributed by atoms with Crippen molar-refractivity contribution < 1.29 is 19.1 Å². The number of nitrogens with zero attached hydrogens (tertiary/aromatic N) is 2. The quantitative estimate of drug-likeness (QED) is 0.573. The molecule has 0 aliphatic carbocycles. The van der Waals surface area contributed by atoms with E-state index in [1.165, 1.54) is 4.90 Å². The highest BCUT2D eigenvalue weighted by molar-refractivity contribution is 6.45. The number of piperidine rings is 1. The molecule has 2 aromatic carbocycles. The molecule has 174 valence electrons. The van der Waals surface area contributed by atoms with Gasteiger partial charge in [-0.05, 0) is 61.9 Å². The van der Waals surface area contributed by atoms with Gasteiger partial charge in [-0.2, -0.15) is 0 Å². The minimum absolute atomic E-state index is 0.279. The Morgan fingerprint density at radius 1 is 0.848 bits per heavy atom. The molecule has 0 aromatic heterocycles. The van der Waals surface area contributed by atoms with Crippen molar-refractivity contribution in [1.82, 2.24) is 4.90 Å². The van der Waals surface area contributed by atoms with Crippen LogP contribution < -0.4 is 14.4 Å². The summed E-state index contributed by atoms with van der Waals surface area (Å²) in [6.07, 6.45) is 1.12. The van der Waals surface area contributed by atoms with Crippen molar-refractivity contribution in [2.45, 2.75) is 34.1 Å². The van der Waals surface area contributed by atoms with Gasteiger partial charge in [0.2, 0.25) is 0 Å². The first kappa shape index (κ1) is 22.9. The maximum Gasteiger partial charge on any atom is 0.282 e. The molecular formula is C27H32N2O4. The lowest BCUT2D eigenvalue weighted by Gasteiger charge is -2.37. The van der Waals surface area contributed by atoms with E-state index in [1.54, 1.807) is 18.2 Å². The van der Waals surface area contributed by atoms with Crippen LogP contribution >= 0.6 is 0 Å². The molecule has 0 radical (unpaired) electrons. The molecule has 2 aliphatic rings. The first-order chi connectivity index (χ1) is 15.9. The molecule has 6 heteroatoms. The average Bonchev–Trinajstić information content (AvgIpc) is 3.04. The average molecular weight is 449 g/mol. The number of anilines is 1. The fourth-order valence-corrected chi connectivity index (χ4v) is 4.92. The fraction of sp³-hybridized carbons (Fsp3) is 0.407. The Labute approximate surface area is 195 Å². The van der Waals surface area contributed by atoms with Crippen LogP contribution in [0.25, 0.3) is 5.57 Å². The number of amides is 2. The molecule has 4 rings (SSSR count). The van der Waals surface area contributed by atoms with Gasteiger partial charge in [0.1, 0.15) is 17.2 Å². The maximum atomic E-state index is 13.8. The van der Waals surface area contributed by atoms with Crippen molar-refractivity contribution in [1.29, 1.82) is 0 Å². The minimum Gasteiger partial charge on any atom is -0.494 e. The molecule has 2 aromatic rings. The largest absolute Gasteiger partial charge is 0.494 e. The van der Waals surface area contributed by atoms with E-state index < -0.39 is 0 Å². The molecule has 1 saturated heterocycles. The molecule has 2 unspecified atom stereocenters. The maximum absolute atomic E-state index is 13.8. The zero-order chi connectivity index (χ0) is 23.5. The lowest BCUT2D eigenvalue weighted by molar-refractivity contribution is -0.120. The van der Waals surface area contributed by atoms with Crippen LogP contribution in [0.2, 0.25) is 0 Å². The molecular weight excluding hydrogens is 416 g/mol. The lowest BCUT2D eigenvalue weighted by Crippen LogP contribution is -2.42. The standard InChI is InChI=1S/C27H32N2O4/c1-5-32-22-12-10-20(11-13-22)24-25(28-16-18(3)14-19(4)17-28)27(31)29(26(24)30)21-8-7-9-23(15-21)33-6-2/h7-13,15,18-19H,5-6,14,16-17H2,1-4H3. The van der Waals surface area contributed by atoms with Crippen LogP contribution in [0.1, 0.15) is 39.7 Å². The van der Waals surface area contributed by atoms with Crippen molar-refractivity contribution in [3.63, 3.8) is 0 Å². The molecule has 2 atom stereocenters. The summed E-state index contributed by atoms with van der Waals surface area (Å²) in [4.78, 5) is 30.9. The number of carbonyl (C=O) groups is 2. The van der Waals surface area contributed by atoms with Crippen LogP contribution in [0.5, 0.6) is 11.5 Å². The predicted molar refractivity (Wildman–Crippen MR) is 129 cm³/mol. The van der Waals surface area contributed by atoms with Crippen molar-refractivity contribution >= 4 is 23.1 Å². The van der Waals surface area contributed by atoms with Crippen LogP contribution in [0.15, 0.2) is 54.2 Å². The Morgan fingerprint density at radius 2 is 1.48 bits per heavy atom. The van der Waals surface area contributed by atoms with Gasteiger partial charge in [-0.15, -0.1) is 0 Å². The molecule has 33 heavy (non-hydrogen) atoms. The molecule has 6 nitrogen and oxygen atoms in total. The first-order valence-electron chi connectivity index (χ1n) is 11.8.